The Morgan fingerprint density at radius 1 is 1.36 bits per heavy atom. The molecular weight excluding hydrogens is 197 g/mol. The number of alkyl halides is 3. The molecule has 1 rings (SSSR count). The van der Waals surface area contributed by atoms with Crippen LogP contribution in [0.5, 0.6) is 5.75 Å². The zero-order valence-electron chi connectivity index (χ0n) is 7.35. The van der Waals surface area contributed by atoms with Gasteiger partial charge in [0, 0.05) is 0 Å². The number of hydrazine groups is 1. The van der Waals surface area contributed by atoms with Crippen molar-refractivity contribution in [3.63, 3.8) is 0 Å². The van der Waals surface area contributed by atoms with Crippen molar-refractivity contribution < 1.29 is 17.9 Å². The van der Waals surface area contributed by atoms with Crippen molar-refractivity contribution in [2.75, 3.05) is 12.5 Å². The molecule has 0 amide bonds. The van der Waals surface area contributed by atoms with Crippen LogP contribution in [-0.2, 0) is 6.18 Å². The maximum absolute atomic E-state index is 12.2. The summed E-state index contributed by atoms with van der Waals surface area (Å²) >= 11 is 0. The summed E-state index contributed by atoms with van der Waals surface area (Å²) in [5, 5.41) is 0. The van der Waals surface area contributed by atoms with E-state index in [2.05, 4.69) is 5.43 Å². The van der Waals surface area contributed by atoms with Gasteiger partial charge in [-0.3, -0.25) is 5.84 Å². The molecule has 1 aromatic carbocycles. The Kier molecular flexibility index (Phi) is 2.85. The van der Waals surface area contributed by atoms with E-state index < -0.39 is 11.7 Å². The van der Waals surface area contributed by atoms with Gasteiger partial charge in [0.25, 0.3) is 0 Å². The quantitative estimate of drug-likeness (QED) is 0.574. The third kappa shape index (κ3) is 2.08. The number of ether oxygens (including phenoxy) is 1. The van der Waals surface area contributed by atoms with Crippen LogP contribution in [0.4, 0.5) is 18.9 Å². The van der Waals surface area contributed by atoms with Crippen LogP contribution < -0.4 is 16.0 Å². The lowest BCUT2D eigenvalue weighted by atomic mass is 10.2. The van der Waals surface area contributed by atoms with Crippen molar-refractivity contribution in [2.24, 2.45) is 5.84 Å². The minimum atomic E-state index is -4.38. The standard InChI is InChI=1S/C8H9F3N2O/c1-14-7-3-2-5(8(9,10)11)4-6(7)13-12/h2-4,13H,12H2,1H3. The summed E-state index contributed by atoms with van der Waals surface area (Å²) in [5.74, 6) is 5.31. The lowest BCUT2D eigenvalue weighted by molar-refractivity contribution is -0.137. The molecule has 1 aromatic rings. The molecule has 0 fully saturated rings. The zero-order chi connectivity index (χ0) is 10.8. The van der Waals surface area contributed by atoms with Crippen LogP contribution in [0.15, 0.2) is 18.2 Å². The second kappa shape index (κ2) is 3.75. The molecular formula is C8H9F3N2O. The fourth-order valence-corrected chi connectivity index (χ4v) is 0.997. The Hall–Kier alpha value is -1.43. The first-order valence-electron chi connectivity index (χ1n) is 3.71. The third-order valence-electron chi connectivity index (χ3n) is 1.68. The molecule has 6 heteroatoms. The van der Waals surface area contributed by atoms with E-state index in [4.69, 9.17) is 10.6 Å². The fourth-order valence-electron chi connectivity index (χ4n) is 0.997. The third-order valence-corrected chi connectivity index (χ3v) is 1.68. The van der Waals surface area contributed by atoms with Gasteiger partial charge < -0.3 is 10.2 Å². The molecule has 3 N–H and O–H groups in total. The van der Waals surface area contributed by atoms with E-state index in [1.165, 1.54) is 13.2 Å². The van der Waals surface area contributed by atoms with Gasteiger partial charge in [0.15, 0.2) is 0 Å². The van der Waals surface area contributed by atoms with Gasteiger partial charge in [0.05, 0.1) is 18.4 Å². The highest BCUT2D eigenvalue weighted by Gasteiger charge is 2.31. The average molecular weight is 206 g/mol. The summed E-state index contributed by atoms with van der Waals surface area (Å²) in [6.45, 7) is 0. The second-order valence-electron chi connectivity index (χ2n) is 2.56. The molecule has 0 aliphatic rings. The number of hydrogen-bond acceptors (Lipinski definition) is 3. The van der Waals surface area contributed by atoms with Gasteiger partial charge in [-0.2, -0.15) is 13.2 Å². The highest BCUT2D eigenvalue weighted by molar-refractivity contribution is 5.57. The number of methoxy groups -OCH3 is 1. The van der Waals surface area contributed by atoms with Gasteiger partial charge in [-0.15, -0.1) is 0 Å². The van der Waals surface area contributed by atoms with Gasteiger partial charge in [0.2, 0.25) is 0 Å². The Bertz CT molecular complexity index is 325. The number of anilines is 1. The average Bonchev–Trinajstić information content (AvgIpc) is 2.15. The van der Waals surface area contributed by atoms with E-state index in [1.54, 1.807) is 0 Å². The molecule has 0 spiro atoms. The lowest BCUT2D eigenvalue weighted by Crippen LogP contribution is -2.11. The van der Waals surface area contributed by atoms with E-state index in [-0.39, 0.29) is 11.4 Å². The van der Waals surface area contributed by atoms with Crippen molar-refractivity contribution in [2.45, 2.75) is 6.18 Å². The Balaban J connectivity index is 3.14. The molecule has 0 bridgehead atoms. The molecule has 0 atom stereocenters. The molecule has 0 saturated heterocycles. The van der Waals surface area contributed by atoms with Crippen molar-refractivity contribution in [1.82, 2.24) is 0 Å². The molecule has 0 aromatic heterocycles. The predicted molar refractivity (Wildman–Crippen MR) is 45.8 cm³/mol. The Morgan fingerprint density at radius 3 is 2.43 bits per heavy atom. The van der Waals surface area contributed by atoms with Crippen LogP contribution in [0.2, 0.25) is 0 Å². The van der Waals surface area contributed by atoms with Crippen LogP contribution in [0.3, 0.4) is 0 Å². The summed E-state index contributed by atoms with van der Waals surface area (Å²) in [6.07, 6.45) is -4.38. The number of halogens is 3. The topological polar surface area (TPSA) is 47.3 Å². The van der Waals surface area contributed by atoms with Crippen LogP contribution in [0, 0.1) is 0 Å². The molecule has 0 aliphatic carbocycles. The van der Waals surface area contributed by atoms with E-state index in [9.17, 15) is 13.2 Å². The van der Waals surface area contributed by atoms with Gasteiger partial charge in [-0.1, -0.05) is 0 Å². The van der Waals surface area contributed by atoms with E-state index in [1.807, 2.05) is 0 Å². The molecule has 0 aliphatic heterocycles. The van der Waals surface area contributed by atoms with Crippen molar-refractivity contribution >= 4 is 5.69 Å². The SMILES string of the molecule is COc1ccc(C(F)(F)F)cc1NN. The minimum absolute atomic E-state index is 0.0994. The van der Waals surface area contributed by atoms with Crippen LogP contribution in [-0.4, -0.2) is 7.11 Å². The Morgan fingerprint density at radius 2 is 2.00 bits per heavy atom. The van der Waals surface area contributed by atoms with Gasteiger partial charge in [-0.05, 0) is 18.2 Å². The van der Waals surface area contributed by atoms with Gasteiger partial charge in [-0.25, -0.2) is 0 Å². The van der Waals surface area contributed by atoms with Crippen molar-refractivity contribution in [3.8, 4) is 5.75 Å². The first kappa shape index (κ1) is 10.6. The first-order valence-corrected chi connectivity index (χ1v) is 3.71. The molecule has 0 saturated carbocycles. The predicted octanol–water partition coefficient (Wildman–Crippen LogP) is 2.00. The summed E-state index contributed by atoms with van der Waals surface area (Å²) in [7, 11) is 1.35. The van der Waals surface area contributed by atoms with Gasteiger partial charge >= 0.3 is 6.18 Å². The molecule has 0 radical (unpaired) electrons. The number of hydrogen-bond donors (Lipinski definition) is 2. The molecule has 78 valence electrons. The fraction of sp³-hybridized carbons (Fsp3) is 0.250. The number of nitrogens with two attached hydrogens (primary N) is 1. The molecule has 0 unspecified atom stereocenters. The van der Waals surface area contributed by atoms with Crippen LogP contribution in [0.25, 0.3) is 0 Å². The van der Waals surface area contributed by atoms with E-state index in [0.29, 0.717) is 0 Å². The minimum Gasteiger partial charge on any atom is -0.495 e. The monoisotopic (exact) mass is 206 g/mol. The van der Waals surface area contributed by atoms with E-state index in [0.717, 1.165) is 12.1 Å². The number of rotatable bonds is 2. The number of nitrogens with one attached hydrogen (secondary N) is 1. The number of nitrogen functional groups attached to an aromatic ring is 1. The molecule has 3 nitrogen and oxygen atoms in total. The summed E-state index contributed by atoms with van der Waals surface area (Å²) in [5.41, 5.74) is 1.46. The summed E-state index contributed by atoms with van der Waals surface area (Å²) in [6, 6.07) is 3.02. The highest BCUT2D eigenvalue weighted by Crippen LogP contribution is 2.34. The highest BCUT2D eigenvalue weighted by atomic mass is 19.4. The van der Waals surface area contributed by atoms with Crippen LogP contribution >= 0.6 is 0 Å². The largest absolute Gasteiger partial charge is 0.495 e. The molecule has 14 heavy (non-hydrogen) atoms. The maximum atomic E-state index is 12.2. The second-order valence-corrected chi connectivity index (χ2v) is 2.56. The maximum Gasteiger partial charge on any atom is 0.416 e. The lowest BCUT2D eigenvalue weighted by Gasteiger charge is -2.11. The first-order chi connectivity index (χ1) is 6.49. The number of benzene rings is 1. The van der Waals surface area contributed by atoms with Crippen molar-refractivity contribution in [3.05, 3.63) is 23.8 Å². The molecule has 0 heterocycles. The summed E-state index contributed by atoms with van der Waals surface area (Å²) in [4.78, 5) is 0. The van der Waals surface area contributed by atoms with Crippen LogP contribution in [0.1, 0.15) is 5.56 Å². The zero-order valence-corrected chi connectivity index (χ0v) is 7.35. The van der Waals surface area contributed by atoms with Crippen molar-refractivity contribution in [1.29, 1.82) is 0 Å². The normalized spacial score (nSPS) is 11.2. The summed E-state index contributed by atoms with van der Waals surface area (Å²) < 4.78 is 41.5. The van der Waals surface area contributed by atoms with Gasteiger partial charge in [0.1, 0.15) is 5.75 Å². The van der Waals surface area contributed by atoms with E-state index >= 15 is 0 Å². The Labute approximate surface area is 78.6 Å². The smallest absolute Gasteiger partial charge is 0.416 e.